The molecule has 1 fully saturated rings. The number of aryl methyl sites for hydroxylation is 1. The molecule has 3 aromatic rings. The summed E-state index contributed by atoms with van der Waals surface area (Å²) in [4.78, 5) is 14.7. The fraction of sp³-hybridized carbons (Fsp3) is 0.526. The molecule has 0 bridgehead atoms. The third-order valence-electron chi connectivity index (χ3n) is 5.78. The molecule has 9 heteroatoms. The van der Waals surface area contributed by atoms with Crippen LogP contribution in [0.3, 0.4) is 0 Å². The van der Waals surface area contributed by atoms with Crippen LogP contribution in [0.1, 0.15) is 30.9 Å². The van der Waals surface area contributed by atoms with Crippen molar-refractivity contribution < 1.29 is 0 Å². The topological polar surface area (TPSA) is 86.7 Å². The summed E-state index contributed by atoms with van der Waals surface area (Å²) in [7, 11) is 0. The van der Waals surface area contributed by atoms with Crippen LogP contribution in [0.4, 0.5) is 0 Å². The third-order valence-corrected chi connectivity index (χ3v) is 5.78. The highest BCUT2D eigenvalue weighted by molar-refractivity contribution is 5.17. The fourth-order valence-electron chi connectivity index (χ4n) is 4.19. The van der Waals surface area contributed by atoms with Gasteiger partial charge in [0.05, 0.1) is 6.54 Å². The van der Waals surface area contributed by atoms with Gasteiger partial charge >= 0.3 is 0 Å². The molecule has 2 aliphatic heterocycles. The van der Waals surface area contributed by atoms with Crippen molar-refractivity contribution in [2.75, 3.05) is 13.1 Å². The summed E-state index contributed by atoms with van der Waals surface area (Å²) in [5.41, 5.74) is -0.0580. The van der Waals surface area contributed by atoms with Crippen molar-refractivity contribution in [1.82, 2.24) is 39.2 Å². The first kappa shape index (κ1) is 17.3. The zero-order valence-electron chi connectivity index (χ0n) is 15.8. The van der Waals surface area contributed by atoms with Gasteiger partial charge in [-0.1, -0.05) is 0 Å². The summed E-state index contributed by atoms with van der Waals surface area (Å²) in [6, 6.07) is 5.13. The van der Waals surface area contributed by atoms with Crippen LogP contribution in [0.5, 0.6) is 0 Å². The highest BCUT2D eigenvalue weighted by atomic mass is 16.1. The van der Waals surface area contributed by atoms with E-state index in [1.807, 2.05) is 12.3 Å². The number of nitrogens with zero attached hydrogens (tertiary/aromatic N) is 8. The molecule has 0 amide bonds. The summed E-state index contributed by atoms with van der Waals surface area (Å²) >= 11 is 0. The second-order valence-corrected chi connectivity index (χ2v) is 7.67. The molecule has 0 radical (unpaired) electrons. The number of likely N-dealkylation sites (tertiary alicyclic amines) is 1. The van der Waals surface area contributed by atoms with E-state index in [1.165, 1.54) is 6.42 Å². The van der Waals surface area contributed by atoms with Gasteiger partial charge in [0.2, 0.25) is 0 Å². The van der Waals surface area contributed by atoms with E-state index in [4.69, 9.17) is 0 Å². The second-order valence-electron chi connectivity index (χ2n) is 7.67. The van der Waals surface area contributed by atoms with E-state index in [2.05, 4.69) is 29.9 Å². The minimum atomic E-state index is -0.0580. The molecule has 0 aliphatic carbocycles. The van der Waals surface area contributed by atoms with Gasteiger partial charge in [0.15, 0.2) is 5.82 Å². The molecule has 5 rings (SSSR count). The SMILES string of the molecule is O=c1ccc(-n2cccn2)nn1CC1CCN(Cc2nnc3n2CCC3)CC1. The zero-order chi connectivity index (χ0) is 18.9. The third kappa shape index (κ3) is 3.37. The Hall–Kier alpha value is -2.81. The fourth-order valence-corrected chi connectivity index (χ4v) is 4.19. The summed E-state index contributed by atoms with van der Waals surface area (Å²) in [6.07, 6.45) is 7.88. The average Bonchev–Trinajstić information content (AvgIpc) is 3.45. The molecule has 0 unspecified atom stereocenters. The number of aromatic nitrogens is 7. The number of hydrogen-bond acceptors (Lipinski definition) is 6. The van der Waals surface area contributed by atoms with E-state index in [9.17, 15) is 4.79 Å². The number of piperidine rings is 1. The molecule has 0 spiro atoms. The van der Waals surface area contributed by atoms with E-state index in [-0.39, 0.29) is 5.56 Å². The monoisotopic (exact) mass is 380 g/mol. The Labute approximate surface area is 162 Å². The molecule has 0 aromatic carbocycles. The van der Waals surface area contributed by atoms with Crippen molar-refractivity contribution in [3.05, 3.63) is 52.6 Å². The van der Waals surface area contributed by atoms with Crippen molar-refractivity contribution in [2.45, 2.75) is 45.3 Å². The lowest BCUT2D eigenvalue weighted by Gasteiger charge is -2.31. The maximum Gasteiger partial charge on any atom is 0.266 e. The number of hydrogen-bond donors (Lipinski definition) is 0. The Morgan fingerprint density at radius 3 is 2.82 bits per heavy atom. The predicted octanol–water partition coefficient (Wildman–Crippen LogP) is 0.879. The van der Waals surface area contributed by atoms with E-state index < -0.39 is 0 Å². The molecular weight excluding hydrogens is 356 g/mol. The minimum absolute atomic E-state index is 0.0580. The molecular formula is C19H24N8O. The molecule has 0 atom stereocenters. The van der Waals surface area contributed by atoms with Gasteiger partial charge in [-0.2, -0.15) is 5.10 Å². The average molecular weight is 380 g/mol. The lowest BCUT2D eigenvalue weighted by Crippen LogP contribution is -2.37. The Kier molecular flexibility index (Phi) is 4.52. The van der Waals surface area contributed by atoms with Crippen molar-refractivity contribution >= 4 is 0 Å². The first-order valence-electron chi connectivity index (χ1n) is 9.98. The molecule has 146 valence electrons. The van der Waals surface area contributed by atoms with Crippen molar-refractivity contribution in [3.8, 4) is 5.82 Å². The molecule has 28 heavy (non-hydrogen) atoms. The molecule has 0 saturated carbocycles. The Morgan fingerprint density at radius 2 is 2.00 bits per heavy atom. The highest BCUT2D eigenvalue weighted by Gasteiger charge is 2.24. The van der Waals surface area contributed by atoms with Crippen LogP contribution >= 0.6 is 0 Å². The van der Waals surface area contributed by atoms with Gasteiger partial charge in [0.25, 0.3) is 5.56 Å². The van der Waals surface area contributed by atoms with E-state index in [0.29, 0.717) is 18.3 Å². The van der Waals surface area contributed by atoms with Gasteiger partial charge < -0.3 is 4.57 Å². The lowest BCUT2D eigenvalue weighted by molar-refractivity contribution is 0.158. The standard InChI is InChI=1S/C19H24N8O/c28-19-5-4-17(26-10-2-8-20-26)23-27(19)13-15-6-11-24(12-7-15)14-18-22-21-16-3-1-9-25(16)18/h2,4-5,8,10,15H,1,3,6-7,9,11-14H2. The first-order valence-corrected chi connectivity index (χ1v) is 9.98. The molecule has 2 aliphatic rings. The number of rotatable bonds is 5. The van der Waals surface area contributed by atoms with Crippen molar-refractivity contribution in [2.24, 2.45) is 5.92 Å². The van der Waals surface area contributed by atoms with Gasteiger partial charge in [-0.05, 0) is 50.4 Å². The van der Waals surface area contributed by atoms with Crippen LogP contribution in [-0.4, -0.2) is 52.3 Å². The lowest BCUT2D eigenvalue weighted by atomic mass is 9.97. The van der Waals surface area contributed by atoms with E-state index >= 15 is 0 Å². The maximum atomic E-state index is 12.2. The van der Waals surface area contributed by atoms with E-state index in [0.717, 1.165) is 57.1 Å². The second kappa shape index (κ2) is 7.31. The van der Waals surface area contributed by atoms with Crippen molar-refractivity contribution in [1.29, 1.82) is 0 Å². The molecule has 5 heterocycles. The van der Waals surface area contributed by atoms with Crippen molar-refractivity contribution in [3.63, 3.8) is 0 Å². The van der Waals surface area contributed by atoms with E-state index in [1.54, 1.807) is 27.7 Å². The molecule has 3 aromatic heterocycles. The Bertz CT molecular complexity index is 997. The molecule has 9 nitrogen and oxygen atoms in total. The first-order chi connectivity index (χ1) is 13.8. The highest BCUT2D eigenvalue weighted by Crippen LogP contribution is 2.21. The molecule has 1 saturated heterocycles. The Morgan fingerprint density at radius 1 is 1.11 bits per heavy atom. The molecule has 0 N–H and O–H groups in total. The predicted molar refractivity (Wildman–Crippen MR) is 102 cm³/mol. The summed E-state index contributed by atoms with van der Waals surface area (Å²) in [5, 5.41) is 17.4. The van der Waals surface area contributed by atoms with Crippen LogP contribution in [0, 0.1) is 5.92 Å². The van der Waals surface area contributed by atoms with Crippen LogP contribution < -0.4 is 5.56 Å². The minimum Gasteiger partial charge on any atom is -0.314 e. The van der Waals surface area contributed by atoms with Crippen LogP contribution in [0.2, 0.25) is 0 Å². The van der Waals surface area contributed by atoms with Gasteiger partial charge in [0, 0.05) is 38.0 Å². The van der Waals surface area contributed by atoms with Crippen LogP contribution in [-0.2, 0) is 26.1 Å². The van der Waals surface area contributed by atoms with Gasteiger partial charge in [-0.15, -0.1) is 15.3 Å². The van der Waals surface area contributed by atoms with Gasteiger partial charge in [-0.25, -0.2) is 9.36 Å². The van der Waals surface area contributed by atoms with Gasteiger partial charge in [-0.3, -0.25) is 9.69 Å². The largest absolute Gasteiger partial charge is 0.314 e. The summed E-state index contributed by atoms with van der Waals surface area (Å²) < 4.78 is 5.54. The number of fused-ring (bicyclic) bond motifs is 1. The van der Waals surface area contributed by atoms with Crippen LogP contribution in [0.15, 0.2) is 35.4 Å². The van der Waals surface area contributed by atoms with Gasteiger partial charge in [0.1, 0.15) is 11.6 Å². The quantitative estimate of drug-likeness (QED) is 0.653. The smallest absolute Gasteiger partial charge is 0.266 e. The maximum absolute atomic E-state index is 12.2. The van der Waals surface area contributed by atoms with Crippen LogP contribution in [0.25, 0.3) is 5.82 Å². The Balaban J connectivity index is 1.21. The zero-order valence-corrected chi connectivity index (χ0v) is 15.8. The normalized spacial score (nSPS) is 17.9. The summed E-state index contributed by atoms with van der Waals surface area (Å²) in [6.45, 7) is 4.60. The summed E-state index contributed by atoms with van der Waals surface area (Å²) in [5.74, 6) is 3.35.